The van der Waals surface area contributed by atoms with E-state index in [0.717, 1.165) is 0 Å². The first kappa shape index (κ1) is 14.2. The number of aliphatic hydroxyl groups excluding tert-OH is 1. The van der Waals surface area contributed by atoms with Crippen molar-refractivity contribution < 1.29 is 14.4 Å². The second-order valence-corrected chi connectivity index (χ2v) is 4.65. The summed E-state index contributed by atoms with van der Waals surface area (Å²) in [7, 11) is 1.50. The van der Waals surface area contributed by atoms with E-state index in [9.17, 15) is 5.11 Å². The lowest BCUT2D eigenvalue weighted by molar-refractivity contribution is 0.0599. The van der Waals surface area contributed by atoms with Gasteiger partial charge >= 0.3 is 0 Å². The third-order valence-electron chi connectivity index (χ3n) is 2.26. The van der Waals surface area contributed by atoms with Gasteiger partial charge in [0.05, 0.1) is 29.2 Å². The maximum atomic E-state index is 9.56. The number of hydrogen-bond acceptors (Lipinski definition) is 6. The number of ether oxygens (including phenoxy) is 1. The van der Waals surface area contributed by atoms with Crippen molar-refractivity contribution >= 4 is 23.2 Å². The molecule has 0 spiro atoms. The molecule has 0 fully saturated rings. The van der Waals surface area contributed by atoms with Gasteiger partial charge < -0.3 is 14.4 Å². The number of halogens is 2. The van der Waals surface area contributed by atoms with E-state index in [1.807, 2.05) is 0 Å². The van der Waals surface area contributed by atoms with Crippen LogP contribution in [0.15, 0.2) is 16.8 Å². The highest BCUT2D eigenvalue weighted by atomic mass is 35.5. The largest absolute Gasteiger partial charge is 0.390 e. The van der Waals surface area contributed by atoms with Crippen LogP contribution < -0.4 is 0 Å². The zero-order valence-electron chi connectivity index (χ0n) is 10.0. The summed E-state index contributed by atoms with van der Waals surface area (Å²) in [6.45, 7) is 0.192. The number of nitrogens with zero attached hydrogens (tertiary/aromatic N) is 3. The van der Waals surface area contributed by atoms with Crippen molar-refractivity contribution in [2.24, 2.45) is 0 Å². The van der Waals surface area contributed by atoms with Crippen LogP contribution in [0.25, 0.3) is 11.5 Å². The number of aliphatic hydroxyl groups is 1. The fraction of sp³-hybridized carbons (Fsp3) is 0.364. The van der Waals surface area contributed by atoms with Gasteiger partial charge in [0.25, 0.3) is 0 Å². The summed E-state index contributed by atoms with van der Waals surface area (Å²) in [5.41, 5.74) is 0.377. The van der Waals surface area contributed by atoms with Gasteiger partial charge in [-0.3, -0.25) is 0 Å². The van der Waals surface area contributed by atoms with E-state index >= 15 is 0 Å². The minimum atomic E-state index is -0.702. The van der Waals surface area contributed by atoms with Crippen LogP contribution in [0.4, 0.5) is 0 Å². The fourth-order valence-electron chi connectivity index (χ4n) is 1.47. The quantitative estimate of drug-likeness (QED) is 0.909. The van der Waals surface area contributed by atoms with Crippen molar-refractivity contribution in [1.82, 2.24) is 15.1 Å². The average Bonchev–Trinajstić information content (AvgIpc) is 2.77. The van der Waals surface area contributed by atoms with Gasteiger partial charge in [0, 0.05) is 13.3 Å². The van der Waals surface area contributed by atoms with Crippen molar-refractivity contribution in [2.45, 2.75) is 12.5 Å². The Kier molecular flexibility index (Phi) is 4.71. The Labute approximate surface area is 119 Å². The molecule has 0 amide bonds. The summed E-state index contributed by atoms with van der Waals surface area (Å²) in [4.78, 5) is 8.15. The lowest BCUT2D eigenvalue weighted by atomic mass is 10.2. The van der Waals surface area contributed by atoms with E-state index in [1.165, 1.54) is 13.3 Å². The third kappa shape index (κ3) is 3.63. The van der Waals surface area contributed by atoms with E-state index in [4.69, 9.17) is 32.5 Å². The van der Waals surface area contributed by atoms with Gasteiger partial charge in [0.2, 0.25) is 11.7 Å². The molecule has 1 atom stereocenters. The first-order chi connectivity index (χ1) is 9.10. The van der Waals surface area contributed by atoms with Crippen LogP contribution in [-0.4, -0.2) is 40.1 Å². The molecule has 2 aromatic heterocycles. The van der Waals surface area contributed by atoms with E-state index in [0.29, 0.717) is 15.7 Å². The molecule has 19 heavy (non-hydrogen) atoms. The number of aromatic nitrogens is 3. The van der Waals surface area contributed by atoms with Crippen molar-refractivity contribution in [3.63, 3.8) is 0 Å². The zero-order chi connectivity index (χ0) is 13.8. The van der Waals surface area contributed by atoms with Gasteiger partial charge in [-0.1, -0.05) is 28.4 Å². The van der Waals surface area contributed by atoms with Gasteiger partial charge in [0.15, 0.2) is 0 Å². The number of hydrogen-bond donors (Lipinski definition) is 1. The van der Waals surface area contributed by atoms with Gasteiger partial charge in [-0.15, -0.1) is 0 Å². The number of methoxy groups -OCH3 is 1. The van der Waals surface area contributed by atoms with Crippen LogP contribution in [0.5, 0.6) is 0 Å². The van der Waals surface area contributed by atoms with Gasteiger partial charge in [0.1, 0.15) is 5.69 Å². The standard InChI is InChI=1S/C11H11Cl2N3O3/c1-18-5-7(17)3-9-15-11(16-19-9)10-8(13)2-6(12)4-14-10/h2,4,7,17H,3,5H2,1H3. The first-order valence-electron chi connectivity index (χ1n) is 5.41. The van der Waals surface area contributed by atoms with Crippen LogP contribution in [-0.2, 0) is 11.2 Å². The highest BCUT2D eigenvalue weighted by Gasteiger charge is 2.16. The van der Waals surface area contributed by atoms with Crippen LogP contribution in [0.2, 0.25) is 10.0 Å². The summed E-state index contributed by atoms with van der Waals surface area (Å²) in [5.74, 6) is 0.536. The van der Waals surface area contributed by atoms with Crippen molar-refractivity contribution in [2.75, 3.05) is 13.7 Å². The Balaban J connectivity index is 2.16. The topological polar surface area (TPSA) is 81.3 Å². The van der Waals surface area contributed by atoms with Crippen LogP contribution in [0, 0.1) is 0 Å². The smallest absolute Gasteiger partial charge is 0.229 e. The van der Waals surface area contributed by atoms with E-state index in [1.54, 1.807) is 6.07 Å². The first-order valence-corrected chi connectivity index (χ1v) is 6.16. The molecule has 1 N–H and O–H groups in total. The molecular weight excluding hydrogens is 293 g/mol. The molecule has 2 aromatic rings. The summed E-state index contributed by atoms with van der Waals surface area (Å²) < 4.78 is 9.82. The Bertz CT molecular complexity index is 562. The van der Waals surface area contributed by atoms with Crippen molar-refractivity contribution in [3.8, 4) is 11.5 Å². The monoisotopic (exact) mass is 303 g/mol. The van der Waals surface area contributed by atoms with E-state index in [2.05, 4.69) is 15.1 Å². The summed E-state index contributed by atoms with van der Waals surface area (Å²) in [6, 6.07) is 1.54. The Morgan fingerprint density at radius 2 is 2.26 bits per heavy atom. The van der Waals surface area contributed by atoms with Crippen molar-refractivity contribution in [3.05, 3.63) is 28.2 Å². The molecule has 0 aliphatic heterocycles. The lowest BCUT2D eigenvalue weighted by Crippen LogP contribution is -2.17. The lowest BCUT2D eigenvalue weighted by Gasteiger charge is -2.04. The molecule has 0 aliphatic carbocycles. The molecule has 0 radical (unpaired) electrons. The Morgan fingerprint density at radius 3 is 2.95 bits per heavy atom. The minimum absolute atomic E-state index is 0.192. The van der Waals surface area contributed by atoms with Crippen molar-refractivity contribution in [1.29, 1.82) is 0 Å². The molecule has 2 rings (SSSR count). The van der Waals surface area contributed by atoms with Crippen LogP contribution in [0.3, 0.4) is 0 Å². The highest BCUT2D eigenvalue weighted by molar-refractivity contribution is 6.35. The molecule has 6 nitrogen and oxygen atoms in total. The molecule has 0 aromatic carbocycles. The highest BCUT2D eigenvalue weighted by Crippen LogP contribution is 2.25. The molecule has 0 bridgehead atoms. The molecule has 0 saturated carbocycles. The van der Waals surface area contributed by atoms with Crippen LogP contribution in [0.1, 0.15) is 5.89 Å². The second-order valence-electron chi connectivity index (χ2n) is 3.81. The predicted octanol–water partition coefficient (Wildman–Crippen LogP) is 1.99. The third-order valence-corrected chi connectivity index (χ3v) is 2.75. The number of pyridine rings is 1. The molecule has 8 heteroatoms. The van der Waals surface area contributed by atoms with Gasteiger partial charge in [-0.25, -0.2) is 4.98 Å². The average molecular weight is 304 g/mol. The van der Waals surface area contributed by atoms with E-state index in [-0.39, 0.29) is 24.7 Å². The molecule has 0 aliphatic rings. The van der Waals surface area contributed by atoms with E-state index < -0.39 is 6.10 Å². The Morgan fingerprint density at radius 1 is 1.47 bits per heavy atom. The molecule has 0 saturated heterocycles. The maximum absolute atomic E-state index is 9.56. The summed E-state index contributed by atoms with van der Waals surface area (Å²) >= 11 is 11.7. The molecular formula is C11H11Cl2N3O3. The molecule has 2 heterocycles. The summed E-state index contributed by atoms with van der Waals surface area (Å²) in [6.07, 6.45) is 0.942. The van der Waals surface area contributed by atoms with Crippen LogP contribution >= 0.6 is 23.2 Å². The SMILES string of the molecule is COCC(O)Cc1nc(-c2ncc(Cl)cc2Cl)no1. The second kappa shape index (κ2) is 6.29. The van der Waals surface area contributed by atoms with Gasteiger partial charge in [-0.2, -0.15) is 4.98 Å². The number of rotatable bonds is 5. The molecule has 102 valence electrons. The predicted molar refractivity (Wildman–Crippen MR) is 69.1 cm³/mol. The van der Waals surface area contributed by atoms with Gasteiger partial charge in [-0.05, 0) is 6.07 Å². The normalized spacial score (nSPS) is 12.6. The Hall–Kier alpha value is -1.21. The molecule has 1 unspecified atom stereocenters. The summed E-state index contributed by atoms with van der Waals surface area (Å²) in [5, 5.41) is 14.1. The zero-order valence-corrected chi connectivity index (χ0v) is 11.5. The fourth-order valence-corrected chi connectivity index (χ4v) is 1.93. The maximum Gasteiger partial charge on any atom is 0.229 e. The minimum Gasteiger partial charge on any atom is -0.390 e.